The summed E-state index contributed by atoms with van der Waals surface area (Å²) in [6, 6.07) is 21.7. The van der Waals surface area contributed by atoms with Gasteiger partial charge in [-0.3, -0.25) is 0 Å². The number of rotatable bonds is 7. The summed E-state index contributed by atoms with van der Waals surface area (Å²) in [4.78, 5) is 0. The Morgan fingerprint density at radius 2 is 1.17 bits per heavy atom. The molecule has 2 nitrogen and oxygen atoms in total. The van der Waals surface area contributed by atoms with E-state index in [9.17, 15) is 30.7 Å². The van der Waals surface area contributed by atoms with E-state index in [1.165, 1.54) is 12.1 Å². The number of benzene rings is 3. The summed E-state index contributed by atoms with van der Waals surface area (Å²) >= 11 is 0. The molecular formula is C27H21F7O2. The summed E-state index contributed by atoms with van der Waals surface area (Å²) in [5.41, 5.74) is 1.86. The van der Waals surface area contributed by atoms with Gasteiger partial charge in [0.05, 0.1) is 0 Å². The van der Waals surface area contributed by atoms with Crippen LogP contribution in [0, 0.1) is 0 Å². The van der Waals surface area contributed by atoms with Crippen molar-refractivity contribution in [3.8, 4) is 11.5 Å². The van der Waals surface area contributed by atoms with Crippen LogP contribution in [0.25, 0.3) is 0 Å². The first-order chi connectivity index (χ1) is 16.8. The van der Waals surface area contributed by atoms with Gasteiger partial charge in [0.15, 0.2) is 0 Å². The predicted molar refractivity (Wildman–Crippen MR) is 119 cm³/mol. The first-order valence-electron chi connectivity index (χ1n) is 10.9. The predicted octanol–water partition coefficient (Wildman–Crippen LogP) is 8.07. The van der Waals surface area contributed by atoms with Crippen molar-refractivity contribution in [3.05, 3.63) is 107 Å². The lowest BCUT2D eigenvalue weighted by molar-refractivity contribution is -0.286. The molecule has 1 atom stereocenters. The molecule has 0 fully saturated rings. The van der Waals surface area contributed by atoms with Crippen LogP contribution in [0.2, 0.25) is 0 Å². The van der Waals surface area contributed by atoms with Gasteiger partial charge < -0.3 is 9.47 Å². The van der Waals surface area contributed by atoms with E-state index in [2.05, 4.69) is 4.74 Å². The van der Waals surface area contributed by atoms with E-state index in [0.29, 0.717) is 17.9 Å². The molecule has 3 aromatic carbocycles. The van der Waals surface area contributed by atoms with E-state index in [1.807, 2.05) is 56.3 Å². The zero-order valence-corrected chi connectivity index (χ0v) is 19.2. The van der Waals surface area contributed by atoms with Crippen molar-refractivity contribution in [1.82, 2.24) is 0 Å². The fraction of sp³-hybridized carbons (Fsp3) is 0.259. The van der Waals surface area contributed by atoms with Crippen LogP contribution in [-0.4, -0.2) is 17.7 Å². The summed E-state index contributed by atoms with van der Waals surface area (Å²) in [6.07, 6.45) is 0. The van der Waals surface area contributed by atoms with Crippen LogP contribution in [0.4, 0.5) is 30.7 Å². The SMILES string of the molecule is CC(C)(c1ccc(OCc2ccccc2)cc1)c1ccc(OC2(F)C(F)=C(F)C(F)(F)C2(F)F)cc1. The molecule has 36 heavy (non-hydrogen) atoms. The van der Waals surface area contributed by atoms with Gasteiger partial charge in [-0.2, -0.15) is 22.0 Å². The van der Waals surface area contributed by atoms with Crippen LogP contribution in [0.1, 0.15) is 30.5 Å². The Kier molecular flexibility index (Phi) is 6.31. The molecule has 0 heterocycles. The zero-order valence-electron chi connectivity index (χ0n) is 19.2. The maximum absolute atomic E-state index is 14.6. The van der Waals surface area contributed by atoms with Crippen LogP contribution in [0.5, 0.6) is 11.5 Å². The highest BCUT2D eigenvalue weighted by molar-refractivity contribution is 5.43. The van der Waals surface area contributed by atoms with E-state index in [-0.39, 0.29) is 0 Å². The Hall–Kier alpha value is -3.49. The molecule has 0 aliphatic heterocycles. The minimum absolute atomic E-state index is 0.395. The molecule has 1 unspecified atom stereocenters. The lowest BCUT2D eigenvalue weighted by atomic mass is 9.78. The number of hydrogen-bond acceptors (Lipinski definition) is 2. The molecule has 0 bridgehead atoms. The third-order valence-corrected chi connectivity index (χ3v) is 6.21. The van der Waals surface area contributed by atoms with Crippen LogP contribution in [0.3, 0.4) is 0 Å². The maximum atomic E-state index is 14.6. The van der Waals surface area contributed by atoms with E-state index >= 15 is 0 Å². The molecule has 3 aromatic rings. The van der Waals surface area contributed by atoms with Gasteiger partial charge in [0.1, 0.15) is 18.1 Å². The molecule has 190 valence electrons. The van der Waals surface area contributed by atoms with Crippen LogP contribution in [0.15, 0.2) is 90.5 Å². The average molecular weight is 510 g/mol. The highest BCUT2D eigenvalue weighted by Gasteiger charge is 2.83. The van der Waals surface area contributed by atoms with Crippen molar-refractivity contribution in [2.45, 2.75) is 43.6 Å². The van der Waals surface area contributed by atoms with E-state index < -0.39 is 40.5 Å². The Morgan fingerprint density at radius 3 is 1.64 bits per heavy atom. The summed E-state index contributed by atoms with van der Waals surface area (Å²) in [7, 11) is 0. The normalized spacial score (nSPS) is 20.9. The monoisotopic (exact) mass is 510 g/mol. The molecule has 9 heteroatoms. The van der Waals surface area contributed by atoms with Gasteiger partial charge >= 0.3 is 17.7 Å². The highest BCUT2D eigenvalue weighted by atomic mass is 19.3. The molecule has 0 spiro atoms. The number of alkyl halides is 5. The third kappa shape index (κ3) is 4.10. The summed E-state index contributed by atoms with van der Waals surface area (Å²) in [5, 5.41) is 0. The Bertz CT molecular complexity index is 1250. The zero-order chi connectivity index (χ0) is 26.4. The molecular weight excluding hydrogens is 489 g/mol. The topological polar surface area (TPSA) is 18.5 Å². The molecule has 0 N–H and O–H groups in total. The van der Waals surface area contributed by atoms with Crippen LogP contribution < -0.4 is 9.47 Å². The second-order valence-electron chi connectivity index (χ2n) is 8.92. The largest absolute Gasteiger partial charge is 0.489 e. The Labute approximate surface area is 203 Å². The molecule has 0 amide bonds. The summed E-state index contributed by atoms with van der Waals surface area (Å²) < 4.78 is 106. The summed E-state index contributed by atoms with van der Waals surface area (Å²) in [5.74, 6) is -22.6. The fourth-order valence-corrected chi connectivity index (χ4v) is 3.84. The van der Waals surface area contributed by atoms with Crippen LogP contribution >= 0.6 is 0 Å². The molecule has 0 saturated heterocycles. The average Bonchev–Trinajstić information content (AvgIpc) is 2.95. The number of allylic oxidation sites excluding steroid dienone is 1. The van der Waals surface area contributed by atoms with Gasteiger partial charge in [0.2, 0.25) is 11.7 Å². The summed E-state index contributed by atoms with van der Waals surface area (Å²) in [6.45, 7) is 4.12. The Balaban J connectivity index is 1.49. The maximum Gasteiger partial charge on any atom is 0.391 e. The lowest BCUT2D eigenvalue weighted by Crippen LogP contribution is -2.54. The van der Waals surface area contributed by atoms with E-state index in [1.54, 1.807) is 12.1 Å². The first kappa shape index (κ1) is 25.6. The molecule has 4 rings (SSSR count). The number of halogens is 7. The second-order valence-corrected chi connectivity index (χ2v) is 8.92. The lowest BCUT2D eigenvalue weighted by Gasteiger charge is -2.30. The quantitative estimate of drug-likeness (QED) is 0.299. The third-order valence-electron chi connectivity index (χ3n) is 6.21. The van der Waals surface area contributed by atoms with Crippen molar-refractivity contribution in [1.29, 1.82) is 0 Å². The van der Waals surface area contributed by atoms with Crippen LogP contribution in [-0.2, 0) is 12.0 Å². The standard InChI is InChI=1S/C27H21F7O2/c1-24(2,18-8-12-20(13-9-18)35-16-17-6-4-3-5-7-17)19-10-14-21(15-11-19)36-26(32)23(29)22(28)25(30,31)27(26,33)34/h3-15H,16H2,1-2H3. The van der Waals surface area contributed by atoms with E-state index in [0.717, 1.165) is 23.3 Å². The second kappa shape index (κ2) is 8.87. The van der Waals surface area contributed by atoms with Gasteiger partial charge in [0.25, 0.3) is 0 Å². The molecule has 0 saturated carbocycles. The van der Waals surface area contributed by atoms with Crippen molar-refractivity contribution < 1.29 is 40.2 Å². The van der Waals surface area contributed by atoms with Crippen molar-refractivity contribution in [2.75, 3.05) is 0 Å². The smallest absolute Gasteiger partial charge is 0.391 e. The van der Waals surface area contributed by atoms with Gasteiger partial charge in [-0.15, -0.1) is 0 Å². The molecule has 1 aliphatic carbocycles. The minimum Gasteiger partial charge on any atom is -0.489 e. The van der Waals surface area contributed by atoms with E-state index in [4.69, 9.17) is 4.74 Å². The van der Waals surface area contributed by atoms with Crippen molar-refractivity contribution in [3.63, 3.8) is 0 Å². The Morgan fingerprint density at radius 1 is 0.667 bits per heavy atom. The fourth-order valence-electron chi connectivity index (χ4n) is 3.84. The molecule has 1 aliphatic rings. The van der Waals surface area contributed by atoms with Crippen molar-refractivity contribution in [2.24, 2.45) is 0 Å². The minimum atomic E-state index is -5.78. The highest BCUT2D eigenvalue weighted by Crippen LogP contribution is 2.59. The number of ether oxygens (including phenoxy) is 2. The molecule has 0 aromatic heterocycles. The van der Waals surface area contributed by atoms with Gasteiger partial charge in [-0.05, 0) is 41.0 Å². The van der Waals surface area contributed by atoms with Gasteiger partial charge in [-0.1, -0.05) is 68.4 Å². The van der Waals surface area contributed by atoms with Gasteiger partial charge in [-0.25, -0.2) is 8.78 Å². The van der Waals surface area contributed by atoms with Gasteiger partial charge in [0, 0.05) is 5.41 Å². The molecule has 0 radical (unpaired) electrons. The first-order valence-corrected chi connectivity index (χ1v) is 10.9. The number of hydrogen-bond donors (Lipinski definition) is 0. The van der Waals surface area contributed by atoms with Crippen molar-refractivity contribution >= 4 is 0 Å².